The van der Waals surface area contributed by atoms with Crippen LogP contribution in [0, 0.1) is 0 Å². The summed E-state index contributed by atoms with van der Waals surface area (Å²) in [6.07, 6.45) is 3.56. The number of thiocarbonyl (C=S) groups is 1. The first-order chi connectivity index (χ1) is 10.6. The summed E-state index contributed by atoms with van der Waals surface area (Å²) in [5.74, 6) is 0.632. The van der Waals surface area contributed by atoms with E-state index >= 15 is 0 Å². The molecule has 2 N–H and O–H groups in total. The van der Waals surface area contributed by atoms with Gasteiger partial charge in [0.1, 0.15) is 12.4 Å². The summed E-state index contributed by atoms with van der Waals surface area (Å²) in [5, 5.41) is 8.49. The summed E-state index contributed by atoms with van der Waals surface area (Å²) in [4.78, 5) is 0. The third kappa shape index (κ3) is 4.84. The summed E-state index contributed by atoms with van der Waals surface area (Å²) in [6.45, 7) is 1.57. The zero-order chi connectivity index (χ0) is 15.9. The van der Waals surface area contributed by atoms with Crippen LogP contribution in [0.2, 0.25) is 10.0 Å². The highest BCUT2D eigenvalue weighted by molar-refractivity contribution is 7.80. The van der Waals surface area contributed by atoms with Crippen molar-refractivity contribution in [2.45, 2.75) is 0 Å². The Morgan fingerprint density at radius 1 is 1.50 bits per heavy atom. The minimum absolute atomic E-state index is 0.378. The number of ether oxygens (including phenoxy) is 2. The van der Waals surface area contributed by atoms with Gasteiger partial charge in [0, 0.05) is 29.8 Å². The molecule has 22 heavy (non-hydrogen) atoms. The first-order valence-electron chi connectivity index (χ1n) is 6.48. The fraction of sp³-hybridized carbons (Fsp3) is 0.286. The number of halogens is 2. The van der Waals surface area contributed by atoms with Crippen molar-refractivity contribution in [1.29, 1.82) is 0 Å². The Bertz CT molecular complexity index is 620. The highest BCUT2D eigenvalue weighted by Crippen LogP contribution is 2.36. The van der Waals surface area contributed by atoms with Gasteiger partial charge in [0.25, 0.3) is 0 Å². The molecule has 1 heterocycles. The lowest BCUT2D eigenvalue weighted by atomic mass is 10.1. The number of fused-ring (bicyclic) bond motifs is 1. The molecule has 0 bridgehead atoms. The van der Waals surface area contributed by atoms with Crippen LogP contribution in [0.15, 0.2) is 22.8 Å². The Morgan fingerprint density at radius 2 is 2.32 bits per heavy atom. The van der Waals surface area contributed by atoms with Crippen molar-refractivity contribution >= 4 is 52.8 Å². The number of rotatable bonds is 5. The van der Waals surface area contributed by atoms with E-state index in [-0.39, 0.29) is 0 Å². The van der Waals surface area contributed by atoms with Gasteiger partial charge in [0.15, 0.2) is 5.11 Å². The molecule has 0 amide bonds. The molecule has 1 aromatic carbocycles. The molecule has 0 fully saturated rings. The largest absolute Gasteiger partial charge is 0.487 e. The first-order valence-corrected chi connectivity index (χ1v) is 7.65. The average molecular weight is 360 g/mol. The van der Waals surface area contributed by atoms with E-state index in [1.165, 1.54) is 0 Å². The van der Waals surface area contributed by atoms with Gasteiger partial charge in [-0.25, -0.2) is 0 Å². The van der Waals surface area contributed by atoms with Gasteiger partial charge in [0.2, 0.25) is 0 Å². The smallest absolute Gasteiger partial charge is 0.187 e. The lowest BCUT2D eigenvalue weighted by Gasteiger charge is -2.17. The van der Waals surface area contributed by atoms with Crippen molar-refractivity contribution in [3.05, 3.63) is 33.3 Å². The summed E-state index contributed by atoms with van der Waals surface area (Å²) < 4.78 is 10.5. The summed E-state index contributed by atoms with van der Waals surface area (Å²) in [5.41, 5.74) is 4.42. The van der Waals surface area contributed by atoms with Gasteiger partial charge in [-0.15, -0.1) is 0 Å². The maximum atomic E-state index is 6.08. The van der Waals surface area contributed by atoms with Crippen LogP contribution in [0.5, 0.6) is 5.75 Å². The minimum atomic E-state index is 0.378. The van der Waals surface area contributed by atoms with E-state index in [2.05, 4.69) is 15.8 Å². The zero-order valence-corrected chi connectivity index (χ0v) is 14.2. The molecule has 118 valence electrons. The maximum absolute atomic E-state index is 6.08. The second-order valence-electron chi connectivity index (χ2n) is 4.43. The lowest BCUT2D eigenvalue weighted by molar-refractivity contribution is 0.204. The van der Waals surface area contributed by atoms with Crippen molar-refractivity contribution in [2.24, 2.45) is 5.10 Å². The minimum Gasteiger partial charge on any atom is -0.487 e. The molecule has 2 rings (SSSR count). The number of hydrazone groups is 1. The molecular formula is C14H15Cl2N3O2S. The fourth-order valence-corrected chi connectivity index (χ4v) is 2.51. The molecule has 0 aromatic heterocycles. The highest BCUT2D eigenvalue weighted by atomic mass is 35.5. The van der Waals surface area contributed by atoms with Crippen LogP contribution in [0.1, 0.15) is 5.56 Å². The molecule has 0 unspecified atom stereocenters. The van der Waals surface area contributed by atoms with E-state index in [0.717, 1.165) is 11.1 Å². The number of nitrogens with zero attached hydrogens (tertiary/aromatic N) is 1. The molecule has 0 aliphatic carbocycles. The molecule has 1 aliphatic heterocycles. The number of hydrogen-bond acceptors (Lipinski definition) is 4. The molecule has 1 aliphatic rings. The van der Waals surface area contributed by atoms with Gasteiger partial charge in [-0.05, 0) is 30.4 Å². The van der Waals surface area contributed by atoms with Crippen LogP contribution >= 0.6 is 35.4 Å². The van der Waals surface area contributed by atoms with Crippen LogP contribution in [0.3, 0.4) is 0 Å². The van der Waals surface area contributed by atoms with Gasteiger partial charge in [-0.1, -0.05) is 23.2 Å². The molecule has 5 nitrogen and oxygen atoms in total. The predicted octanol–water partition coefficient (Wildman–Crippen LogP) is 2.87. The predicted molar refractivity (Wildman–Crippen MR) is 94.0 cm³/mol. The normalized spacial score (nSPS) is 13.3. The van der Waals surface area contributed by atoms with Crippen LogP contribution in [-0.2, 0) is 4.74 Å². The second kappa shape index (κ2) is 8.33. The molecule has 0 spiro atoms. The van der Waals surface area contributed by atoms with Gasteiger partial charge >= 0.3 is 0 Å². The van der Waals surface area contributed by atoms with Crippen molar-refractivity contribution in [3.8, 4) is 5.75 Å². The molecule has 0 atom stereocenters. The summed E-state index contributed by atoms with van der Waals surface area (Å²) >= 11 is 17.1. The van der Waals surface area contributed by atoms with E-state index in [4.69, 9.17) is 44.9 Å². The van der Waals surface area contributed by atoms with E-state index in [0.29, 0.717) is 40.7 Å². The van der Waals surface area contributed by atoms with Crippen LogP contribution in [0.4, 0.5) is 0 Å². The van der Waals surface area contributed by atoms with Crippen LogP contribution in [-0.4, -0.2) is 38.2 Å². The molecule has 0 saturated carbocycles. The van der Waals surface area contributed by atoms with E-state index in [1.807, 2.05) is 6.08 Å². The number of nitrogens with one attached hydrogen (secondary N) is 2. The summed E-state index contributed by atoms with van der Waals surface area (Å²) in [6, 6.07) is 3.45. The second-order valence-corrected chi connectivity index (χ2v) is 5.68. The average Bonchev–Trinajstić information content (AvgIpc) is 2.47. The topological polar surface area (TPSA) is 54.9 Å². The Labute approximate surface area is 144 Å². The quantitative estimate of drug-likeness (QED) is 0.366. The van der Waals surface area contributed by atoms with Gasteiger partial charge < -0.3 is 14.8 Å². The van der Waals surface area contributed by atoms with E-state index in [1.54, 1.807) is 25.5 Å². The summed E-state index contributed by atoms with van der Waals surface area (Å²) in [7, 11) is 1.63. The van der Waals surface area contributed by atoms with E-state index < -0.39 is 0 Å². The molecule has 0 saturated heterocycles. The monoisotopic (exact) mass is 359 g/mol. The number of benzene rings is 1. The van der Waals surface area contributed by atoms with Crippen LogP contribution in [0.25, 0.3) is 6.08 Å². The fourth-order valence-electron chi connectivity index (χ4n) is 1.79. The first kappa shape index (κ1) is 17.0. The lowest BCUT2D eigenvalue weighted by Crippen LogP contribution is -2.34. The Kier molecular flexibility index (Phi) is 6.45. The molecular weight excluding hydrogens is 345 g/mol. The third-order valence-corrected chi connectivity index (χ3v) is 3.48. The van der Waals surface area contributed by atoms with Gasteiger partial charge in [0.05, 0.1) is 17.8 Å². The van der Waals surface area contributed by atoms with Gasteiger partial charge in [-0.2, -0.15) is 5.10 Å². The molecule has 8 heteroatoms. The van der Waals surface area contributed by atoms with E-state index in [9.17, 15) is 0 Å². The zero-order valence-electron chi connectivity index (χ0n) is 11.9. The Morgan fingerprint density at radius 3 is 3.09 bits per heavy atom. The molecule has 0 radical (unpaired) electrons. The maximum Gasteiger partial charge on any atom is 0.187 e. The van der Waals surface area contributed by atoms with Crippen molar-refractivity contribution < 1.29 is 9.47 Å². The van der Waals surface area contributed by atoms with Crippen molar-refractivity contribution in [1.82, 2.24) is 10.7 Å². The van der Waals surface area contributed by atoms with Crippen molar-refractivity contribution in [2.75, 3.05) is 26.9 Å². The standard InChI is InChI=1S/C14H15Cl2N3O2S/c1-20-3-2-17-14(22)19-18-7-9-4-10-5-11(15)6-12(16)13(10)21-8-9/h4-7H,2-3,8H2,1H3,(H2,17,19,22)/b18-7+. The third-order valence-electron chi connectivity index (χ3n) is 2.75. The van der Waals surface area contributed by atoms with Crippen LogP contribution < -0.4 is 15.5 Å². The van der Waals surface area contributed by atoms with Gasteiger partial charge in [-0.3, -0.25) is 5.43 Å². The highest BCUT2D eigenvalue weighted by Gasteiger charge is 2.14. The van der Waals surface area contributed by atoms with Crippen molar-refractivity contribution in [3.63, 3.8) is 0 Å². The SMILES string of the molecule is COCCNC(=S)N/N=C/C1=Cc2cc(Cl)cc(Cl)c2OC1. The Hall–Kier alpha value is -1.34. The number of methoxy groups -OCH3 is 1. The Balaban J connectivity index is 1.95. The molecule has 1 aromatic rings. The number of hydrogen-bond donors (Lipinski definition) is 2.